The monoisotopic (exact) mass is 389 g/mol. The fourth-order valence-electron chi connectivity index (χ4n) is 3.38. The maximum atomic E-state index is 10.8. The number of hydrogen-bond acceptors (Lipinski definition) is 4. The first-order chi connectivity index (χ1) is 13.6. The van der Waals surface area contributed by atoms with Crippen molar-refractivity contribution in [2.24, 2.45) is 10.7 Å². The van der Waals surface area contributed by atoms with E-state index in [1.54, 1.807) is 6.07 Å². The van der Waals surface area contributed by atoms with E-state index in [4.69, 9.17) is 10.5 Å². The van der Waals surface area contributed by atoms with Crippen LogP contribution in [0.5, 0.6) is 5.75 Å². The molecule has 1 aromatic carbocycles. The Bertz CT molecular complexity index is 635. The van der Waals surface area contributed by atoms with E-state index in [-0.39, 0.29) is 6.61 Å². The smallest absolute Gasteiger partial charge is 0.255 e. The van der Waals surface area contributed by atoms with Crippen LogP contribution in [0.1, 0.15) is 45.1 Å². The minimum absolute atomic E-state index is 0.119. The molecule has 1 saturated heterocycles. The van der Waals surface area contributed by atoms with Gasteiger partial charge in [-0.25, -0.2) is 4.99 Å². The van der Waals surface area contributed by atoms with Crippen molar-refractivity contribution in [1.82, 2.24) is 15.5 Å². The first-order valence-corrected chi connectivity index (χ1v) is 10.3. The number of nitrogens with zero attached hydrogens (tertiary/aromatic N) is 2. The van der Waals surface area contributed by atoms with Crippen molar-refractivity contribution in [1.29, 1.82) is 0 Å². The molecule has 1 amide bonds. The fourth-order valence-corrected chi connectivity index (χ4v) is 3.38. The molecule has 1 aromatic rings. The average Bonchev–Trinajstić information content (AvgIpc) is 2.69. The summed E-state index contributed by atoms with van der Waals surface area (Å²) in [6.45, 7) is 8.88. The summed E-state index contributed by atoms with van der Waals surface area (Å²) in [5.41, 5.74) is 6.13. The van der Waals surface area contributed by atoms with Gasteiger partial charge >= 0.3 is 0 Å². The number of primary amides is 1. The van der Waals surface area contributed by atoms with Crippen LogP contribution in [0.4, 0.5) is 0 Å². The number of ether oxygens (including phenoxy) is 1. The van der Waals surface area contributed by atoms with Crippen LogP contribution < -0.4 is 21.1 Å². The van der Waals surface area contributed by atoms with Crippen LogP contribution in [-0.4, -0.2) is 55.6 Å². The van der Waals surface area contributed by atoms with Gasteiger partial charge in [0.2, 0.25) is 0 Å². The summed E-state index contributed by atoms with van der Waals surface area (Å²) >= 11 is 0. The maximum absolute atomic E-state index is 10.8. The lowest BCUT2D eigenvalue weighted by Gasteiger charge is -2.33. The van der Waals surface area contributed by atoms with Gasteiger partial charge in [0.25, 0.3) is 5.91 Å². The number of aliphatic imine (C=N–C) groups is 1. The number of carbonyl (C=O) groups excluding carboxylic acids is 1. The van der Waals surface area contributed by atoms with Crippen LogP contribution in [0.25, 0.3) is 0 Å². The minimum atomic E-state index is -0.485. The van der Waals surface area contributed by atoms with E-state index >= 15 is 0 Å². The van der Waals surface area contributed by atoms with Gasteiger partial charge in [-0.1, -0.05) is 18.6 Å². The zero-order chi connectivity index (χ0) is 20.2. The molecule has 1 unspecified atom stereocenters. The Kier molecular flexibility index (Phi) is 9.62. The molecule has 1 aliphatic rings. The summed E-state index contributed by atoms with van der Waals surface area (Å²) in [6, 6.07) is 8.28. The molecule has 1 heterocycles. The number of likely N-dealkylation sites (tertiary alicyclic amines) is 1. The van der Waals surface area contributed by atoms with Crippen molar-refractivity contribution in [3.8, 4) is 5.75 Å². The van der Waals surface area contributed by atoms with Gasteiger partial charge in [-0.15, -0.1) is 0 Å². The summed E-state index contributed by atoms with van der Waals surface area (Å²) in [4.78, 5) is 18.1. The quantitative estimate of drug-likeness (QED) is 0.323. The lowest BCUT2D eigenvalue weighted by molar-refractivity contribution is -0.119. The number of amides is 1. The molecule has 0 aromatic heterocycles. The number of benzene rings is 1. The molecule has 1 atom stereocenters. The fraction of sp³-hybridized carbons (Fsp3) is 0.619. The minimum Gasteiger partial charge on any atom is -0.484 e. The van der Waals surface area contributed by atoms with Gasteiger partial charge in [0, 0.05) is 25.7 Å². The van der Waals surface area contributed by atoms with Crippen molar-refractivity contribution >= 4 is 11.9 Å². The largest absolute Gasteiger partial charge is 0.484 e. The van der Waals surface area contributed by atoms with E-state index in [1.807, 2.05) is 18.2 Å². The van der Waals surface area contributed by atoms with Crippen LogP contribution in [0.3, 0.4) is 0 Å². The highest BCUT2D eigenvalue weighted by molar-refractivity contribution is 5.79. The Hall–Kier alpha value is -2.28. The van der Waals surface area contributed by atoms with E-state index < -0.39 is 5.91 Å². The van der Waals surface area contributed by atoms with Crippen molar-refractivity contribution in [2.75, 3.05) is 32.8 Å². The van der Waals surface area contributed by atoms with Crippen LogP contribution in [-0.2, 0) is 11.3 Å². The molecule has 1 fully saturated rings. The molecule has 2 rings (SSSR count). The number of nitrogens with two attached hydrogens (primary N) is 1. The predicted octanol–water partition coefficient (Wildman–Crippen LogP) is 1.87. The van der Waals surface area contributed by atoms with Gasteiger partial charge in [-0.05, 0) is 57.4 Å². The van der Waals surface area contributed by atoms with E-state index in [0.717, 1.165) is 37.6 Å². The average molecular weight is 390 g/mol. The zero-order valence-electron chi connectivity index (χ0n) is 17.2. The Morgan fingerprint density at radius 3 is 2.96 bits per heavy atom. The second-order valence-electron chi connectivity index (χ2n) is 7.26. The second-order valence-corrected chi connectivity index (χ2v) is 7.26. The lowest BCUT2D eigenvalue weighted by Crippen LogP contribution is -2.41. The van der Waals surface area contributed by atoms with Crippen molar-refractivity contribution in [3.63, 3.8) is 0 Å². The van der Waals surface area contributed by atoms with Crippen molar-refractivity contribution < 1.29 is 9.53 Å². The zero-order valence-corrected chi connectivity index (χ0v) is 17.2. The van der Waals surface area contributed by atoms with Gasteiger partial charge < -0.3 is 26.0 Å². The molecule has 0 saturated carbocycles. The van der Waals surface area contributed by atoms with Gasteiger partial charge in [-0.3, -0.25) is 4.79 Å². The normalized spacial score (nSPS) is 17.9. The molecule has 4 N–H and O–H groups in total. The number of rotatable bonds is 10. The van der Waals surface area contributed by atoms with E-state index in [2.05, 4.69) is 34.4 Å². The Morgan fingerprint density at radius 2 is 2.21 bits per heavy atom. The topological polar surface area (TPSA) is 92.0 Å². The molecule has 0 bridgehead atoms. The van der Waals surface area contributed by atoms with Crippen molar-refractivity contribution in [2.45, 2.75) is 52.1 Å². The molecule has 0 radical (unpaired) electrons. The SMILES string of the molecule is CCNC(=NCc1cccc(OCC(N)=O)c1)NCCCN1CCCCC1C. The number of piperidine rings is 1. The second kappa shape index (κ2) is 12.2. The first-order valence-electron chi connectivity index (χ1n) is 10.3. The summed E-state index contributed by atoms with van der Waals surface area (Å²) in [5.74, 6) is 0.957. The third kappa shape index (κ3) is 8.17. The lowest BCUT2D eigenvalue weighted by atomic mass is 10.0. The number of carbonyl (C=O) groups is 1. The van der Waals surface area contributed by atoms with Crippen LogP contribution in [0.15, 0.2) is 29.3 Å². The predicted molar refractivity (Wildman–Crippen MR) is 113 cm³/mol. The summed E-state index contributed by atoms with van der Waals surface area (Å²) in [5, 5.41) is 6.71. The molecule has 156 valence electrons. The summed E-state index contributed by atoms with van der Waals surface area (Å²) < 4.78 is 5.35. The standard InChI is InChI=1S/C21H35N5O2/c1-3-23-21(24-11-7-13-26-12-5-4-8-17(26)2)25-15-18-9-6-10-19(14-18)28-16-20(22)27/h6,9-10,14,17H,3-5,7-8,11-13,15-16H2,1-2H3,(H2,22,27)(H2,23,24,25). The third-order valence-electron chi connectivity index (χ3n) is 4.90. The van der Waals surface area contributed by atoms with Crippen LogP contribution in [0.2, 0.25) is 0 Å². The molecule has 7 heteroatoms. The Morgan fingerprint density at radius 1 is 1.36 bits per heavy atom. The van der Waals surface area contributed by atoms with Gasteiger partial charge in [-0.2, -0.15) is 0 Å². The Labute approximate surface area is 168 Å². The summed E-state index contributed by atoms with van der Waals surface area (Å²) in [7, 11) is 0. The highest BCUT2D eigenvalue weighted by atomic mass is 16.5. The van der Waals surface area contributed by atoms with Gasteiger partial charge in [0.15, 0.2) is 12.6 Å². The number of hydrogen-bond donors (Lipinski definition) is 3. The van der Waals surface area contributed by atoms with Crippen LogP contribution >= 0.6 is 0 Å². The maximum Gasteiger partial charge on any atom is 0.255 e. The molecule has 0 aliphatic carbocycles. The highest BCUT2D eigenvalue weighted by Gasteiger charge is 2.17. The molecule has 1 aliphatic heterocycles. The van der Waals surface area contributed by atoms with Gasteiger partial charge in [0.1, 0.15) is 5.75 Å². The highest BCUT2D eigenvalue weighted by Crippen LogP contribution is 2.16. The molecular formula is C21H35N5O2. The molecule has 7 nitrogen and oxygen atoms in total. The number of guanidine groups is 1. The molecular weight excluding hydrogens is 354 g/mol. The number of nitrogens with one attached hydrogen (secondary N) is 2. The Balaban J connectivity index is 1.79. The summed E-state index contributed by atoms with van der Waals surface area (Å²) in [6.07, 6.45) is 5.11. The van der Waals surface area contributed by atoms with E-state index in [1.165, 1.54) is 25.8 Å². The van der Waals surface area contributed by atoms with Crippen LogP contribution in [0, 0.1) is 0 Å². The van der Waals surface area contributed by atoms with E-state index in [0.29, 0.717) is 18.3 Å². The third-order valence-corrected chi connectivity index (χ3v) is 4.90. The molecule has 28 heavy (non-hydrogen) atoms. The molecule has 0 spiro atoms. The van der Waals surface area contributed by atoms with E-state index in [9.17, 15) is 4.79 Å². The first kappa shape index (κ1) is 22.0. The van der Waals surface area contributed by atoms with Crippen molar-refractivity contribution in [3.05, 3.63) is 29.8 Å². The van der Waals surface area contributed by atoms with Gasteiger partial charge in [0.05, 0.1) is 6.54 Å².